The molecule has 2 heterocycles. The lowest BCUT2D eigenvalue weighted by molar-refractivity contribution is 0.103. The highest BCUT2D eigenvalue weighted by Crippen LogP contribution is 2.32. The van der Waals surface area contributed by atoms with Crippen LogP contribution in [0.5, 0.6) is 5.88 Å². The molecular weight excluding hydrogens is 380 g/mol. The molecule has 0 aliphatic rings. The summed E-state index contributed by atoms with van der Waals surface area (Å²) < 4.78 is 25.0. The second kappa shape index (κ2) is 6.93. The van der Waals surface area contributed by atoms with E-state index in [2.05, 4.69) is 10.2 Å². The Bertz CT molecular complexity index is 1060. The number of ketones is 1. The highest BCUT2D eigenvalue weighted by molar-refractivity contribution is 7.71. The number of halogens is 1. The molecule has 0 radical (unpaired) electrons. The van der Waals surface area contributed by atoms with Crippen LogP contribution in [-0.4, -0.2) is 38.9 Å². The van der Waals surface area contributed by atoms with Crippen molar-refractivity contribution in [2.45, 2.75) is 12.7 Å². The topological polar surface area (TPSA) is 107 Å². The van der Waals surface area contributed by atoms with E-state index in [1.54, 1.807) is 19.2 Å². The lowest BCUT2D eigenvalue weighted by Crippen LogP contribution is -2.09. The Morgan fingerprint density at radius 2 is 2.08 bits per heavy atom. The van der Waals surface area contributed by atoms with Gasteiger partial charge in [-0.15, -0.1) is 0 Å². The van der Waals surface area contributed by atoms with E-state index in [1.165, 1.54) is 34.7 Å². The minimum atomic E-state index is -2.70. The van der Waals surface area contributed by atoms with Crippen LogP contribution < -0.4 is 0 Å². The van der Waals surface area contributed by atoms with E-state index in [-0.39, 0.29) is 27.8 Å². The molecule has 0 atom stereocenters. The highest BCUT2D eigenvalue weighted by Gasteiger charge is 2.25. The van der Waals surface area contributed by atoms with Crippen LogP contribution in [0.25, 0.3) is 5.69 Å². The number of nitrogens with zero attached hydrogens (tertiary/aromatic N) is 4. The van der Waals surface area contributed by atoms with E-state index >= 15 is 0 Å². The van der Waals surface area contributed by atoms with Crippen molar-refractivity contribution in [1.29, 1.82) is 0 Å². The Labute approximate surface area is 155 Å². The van der Waals surface area contributed by atoms with E-state index in [9.17, 15) is 18.3 Å². The Balaban J connectivity index is 2.21. The molecule has 0 unspecified atom stereocenters. The molecular formula is C16H15ClN4O4S. The summed E-state index contributed by atoms with van der Waals surface area (Å²) in [6, 6.07) is 4.62. The van der Waals surface area contributed by atoms with Crippen molar-refractivity contribution in [3.05, 3.63) is 58.0 Å². The van der Waals surface area contributed by atoms with Gasteiger partial charge in [0.05, 0.1) is 22.2 Å². The Hall–Kier alpha value is -2.65. The third-order valence-electron chi connectivity index (χ3n) is 3.90. The zero-order chi connectivity index (χ0) is 19.0. The molecule has 26 heavy (non-hydrogen) atoms. The van der Waals surface area contributed by atoms with Gasteiger partial charge in [0.2, 0.25) is 11.7 Å². The number of aryl methyl sites for hydroxylation is 2. The first-order valence-electron chi connectivity index (χ1n) is 7.51. The maximum absolute atomic E-state index is 12.9. The molecule has 0 saturated carbocycles. The fourth-order valence-electron chi connectivity index (χ4n) is 2.74. The molecule has 1 aromatic carbocycles. The molecule has 0 fully saturated rings. The SMILES string of the molecule is Cc1nn(C)c(O)c1C(=O)c1ccc(C[SH](=O)=O)c(-n2cccn2)c1Cl. The first kappa shape index (κ1) is 18.2. The van der Waals surface area contributed by atoms with E-state index in [4.69, 9.17) is 11.6 Å². The molecule has 2 aromatic heterocycles. The number of carbonyl (C=O) groups excluding carboxylic acids is 1. The van der Waals surface area contributed by atoms with Crippen molar-refractivity contribution in [3.63, 3.8) is 0 Å². The Morgan fingerprint density at radius 3 is 2.62 bits per heavy atom. The summed E-state index contributed by atoms with van der Waals surface area (Å²) in [5.74, 6) is -1.02. The van der Waals surface area contributed by atoms with E-state index in [0.717, 1.165) is 0 Å². The molecule has 0 bridgehead atoms. The third kappa shape index (κ3) is 3.11. The second-order valence-electron chi connectivity index (χ2n) is 5.61. The van der Waals surface area contributed by atoms with Crippen molar-refractivity contribution in [2.24, 2.45) is 7.05 Å². The van der Waals surface area contributed by atoms with Gasteiger partial charge in [-0.1, -0.05) is 17.7 Å². The zero-order valence-corrected chi connectivity index (χ0v) is 15.5. The number of benzene rings is 1. The fraction of sp³-hybridized carbons (Fsp3) is 0.188. The Morgan fingerprint density at radius 1 is 1.35 bits per heavy atom. The van der Waals surface area contributed by atoms with Gasteiger partial charge >= 0.3 is 0 Å². The highest BCUT2D eigenvalue weighted by atomic mass is 35.5. The van der Waals surface area contributed by atoms with E-state index < -0.39 is 16.5 Å². The molecule has 136 valence electrons. The van der Waals surface area contributed by atoms with Gasteiger partial charge in [0.25, 0.3) is 0 Å². The zero-order valence-electron chi connectivity index (χ0n) is 13.9. The quantitative estimate of drug-likeness (QED) is 0.503. The van der Waals surface area contributed by atoms with Crippen LogP contribution in [-0.2, 0) is 23.5 Å². The van der Waals surface area contributed by atoms with Crippen molar-refractivity contribution in [3.8, 4) is 11.6 Å². The Kier molecular flexibility index (Phi) is 4.84. The molecule has 0 saturated heterocycles. The largest absolute Gasteiger partial charge is 0.493 e. The van der Waals surface area contributed by atoms with Crippen LogP contribution >= 0.6 is 11.6 Å². The molecule has 3 aromatic rings. The number of hydrogen-bond acceptors (Lipinski definition) is 6. The van der Waals surface area contributed by atoms with Gasteiger partial charge in [-0.25, -0.2) is 17.8 Å². The van der Waals surface area contributed by atoms with Gasteiger partial charge in [-0.3, -0.25) is 4.79 Å². The average Bonchev–Trinajstić information content (AvgIpc) is 3.16. The lowest BCUT2D eigenvalue weighted by Gasteiger charge is -2.13. The van der Waals surface area contributed by atoms with Gasteiger partial charge in [0.1, 0.15) is 16.3 Å². The number of aromatic hydroxyl groups is 1. The minimum Gasteiger partial charge on any atom is -0.493 e. The summed E-state index contributed by atoms with van der Waals surface area (Å²) in [4.78, 5) is 12.9. The second-order valence-corrected chi connectivity index (χ2v) is 6.97. The normalized spacial score (nSPS) is 11.2. The first-order valence-corrected chi connectivity index (χ1v) is 9.25. The molecule has 0 aliphatic heterocycles. The van der Waals surface area contributed by atoms with Crippen LogP contribution in [0.1, 0.15) is 27.2 Å². The van der Waals surface area contributed by atoms with Gasteiger partial charge in [0, 0.05) is 25.0 Å². The number of rotatable bonds is 5. The molecule has 10 heteroatoms. The summed E-state index contributed by atoms with van der Waals surface area (Å²) in [5, 5.41) is 18.3. The molecule has 1 N–H and O–H groups in total. The molecule has 0 spiro atoms. The third-order valence-corrected chi connectivity index (χ3v) is 4.88. The number of aromatic nitrogens is 4. The lowest BCUT2D eigenvalue weighted by atomic mass is 10.0. The van der Waals surface area contributed by atoms with Crippen LogP contribution in [0, 0.1) is 6.92 Å². The number of hydrogen-bond donors (Lipinski definition) is 2. The summed E-state index contributed by atoms with van der Waals surface area (Å²) >= 11 is 6.46. The average molecular weight is 395 g/mol. The van der Waals surface area contributed by atoms with Gasteiger partial charge in [0.15, 0.2) is 0 Å². The number of thiol groups is 1. The summed E-state index contributed by atoms with van der Waals surface area (Å²) in [5.41, 5.74) is 1.25. The predicted octanol–water partition coefficient (Wildman–Crippen LogP) is 1.62. The van der Waals surface area contributed by atoms with Crippen molar-refractivity contribution in [1.82, 2.24) is 19.6 Å². The van der Waals surface area contributed by atoms with Gasteiger partial charge in [-0.05, 0) is 24.6 Å². The smallest absolute Gasteiger partial charge is 0.220 e. The van der Waals surface area contributed by atoms with E-state index in [1.807, 2.05) is 0 Å². The number of carbonyl (C=O) groups is 1. The van der Waals surface area contributed by atoms with Gasteiger partial charge < -0.3 is 5.11 Å². The van der Waals surface area contributed by atoms with E-state index in [0.29, 0.717) is 16.9 Å². The van der Waals surface area contributed by atoms with Crippen LogP contribution in [0.2, 0.25) is 5.02 Å². The molecule has 0 amide bonds. The molecule has 3 rings (SSSR count). The predicted molar refractivity (Wildman–Crippen MR) is 95.6 cm³/mol. The first-order chi connectivity index (χ1) is 12.3. The summed E-state index contributed by atoms with van der Waals surface area (Å²) in [6.45, 7) is 1.60. The van der Waals surface area contributed by atoms with Crippen LogP contribution in [0.3, 0.4) is 0 Å². The summed E-state index contributed by atoms with van der Waals surface area (Å²) in [7, 11) is -1.18. The standard InChI is InChI=1S/C16H15ClN4O4S/c1-9-12(16(23)20(2)19-9)15(22)11-5-4-10(8-26(24)25)14(13(11)17)21-7-3-6-18-21/h3-7,23,26H,8H2,1-2H3. The van der Waals surface area contributed by atoms with Crippen molar-refractivity contribution in [2.75, 3.05) is 0 Å². The minimum absolute atomic E-state index is 0.0449. The van der Waals surface area contributed by atoms with Gasteiger partial charge in [-0.2, -0.15) is 10.2 Å². The van der Waals surface area contributed by atoms with Crippen molar-refractivity contribution < 1.29 is 18.3 Å². The molecule has 8 nitrogen and oxygen atoms in total. The van der Waals surface area contributed by atoms with Crippen molar-refractivity contribution >= 4 is 28.1 Å². The fourth-order valence-corrected chi connectivity index (χ4v) is 3.63. The monoisotopic (exact) mass is 394 g/mol. The van der Waals surface area contributed by atoms with Crippen LogP contribution in [0.15, 0.2) is 30.6 Å². The maximum atomic E-state index is 12.9. The molecule has 0 aliphatic carbocycles. The van der Waals surface area contributed by atoms with Crippen LogP contribution in [0.4, 0.5) is 0 Å². The summed E-state index contributed by atoms with van der Waals surface area (Å²) in [6.07, 6.45) is 3.12. The maximum Gasteiger partial charge on any atom is 0.220 e.